The van der Waals surface area contributed by atoms with Crippen LogP contribution in [0.15, 0.2) is 0 Å². The number of hydrazine groups is 1. The summed E-state index contributed by atoms with van der Waals surface area (Å²) < 4.78 is 11.1. The molecule has 15 heavy (non-hydrogen) atoms. The van der Waals surface area contributed by atoms with E-state index in [-0.39, 0.29) is 5.91 Å². The van der Waals surface area contributed by atoms with Crippen molar-refractivity contribution in [2.24, 2.45) is 11.3 Å². The molecule has 1 amide bonds. The third kappa shape index (κ3) is 3.55. The molecule has 3 N–H and O–H groups in total. The van der Waals surface area contributed by atoms with E-state index in [0.717, 1.165) is 13.1 Å². The molecule has 1 rings (SSSR count). The lowest BCUT2D eigenvalue weighted by Gasteiger charge is -2.33. The lowest BCUT2D eigenvalue weighted by Crippen LogP contribution is -2.50. The van der Waals surface area contributed by atoms with E-state index < -0.39 is 16.2 Å². The molecule has 1 heterocycles. The van der Waals surface area contributed by atoms with Crippen molar-refractivity contribution in [2.75, 3.05) is 31.1 Å². The number of amides is 1. The van der Waals surface area contributed by atoms with E-state index in [4.69, 9.17) is 5.84 Å². The Morgan fingerprint density at radius 3 is 2.47 bits per heavy atom. The fourth-order valence-electron chi connectivity index (χ4n) is 1.66. The minimum atomic E-state index is -0.669. The van der Waals surface area contributed by atoms with Gasteiger partial charge in [0.1, 0.15) is 0 Å². The van der Waals surface area contributed by atoms with Gasteiger partial charge in [-0.2, -0.15) is 0 Å². The zero-order valence-corrected chi connectivity index (χ0v) is 10.1. The zero-order chi connectivity index (χ0) is 11.5. The summed E-state index contributed by atoms with van der Waals surface area (Å²) in [4.78, 5) is 13.6. The second-order valence-corrected chi connectivity index (χ2v) is 6.18. The summed E-state index contributed by atoms with van der Waals surface area (Å²) in [6.45, 7) is 5.98. The van der Waals surface area contributed by atoms with E-state index in [2.05, 4.69) is 10.3 Å². The van der Waals surface area contributed by atoms with Crippen LogP contribution in [0, 0.1) is 5.41 Å². The first-order valence-corrected chi connectivity index (χ1v) is 6.53. The van der Waals surface area contributed by atoms with Gasteiger partial charge in [-0.15, -0.1) is 0 Å². The molecule has 0 bridgehead atoms. The minimum absolute atomic E-state index is 0.158. The summed E-state index contributed by atoms with van der Waals surface area (Å²) >= 11 is 0. The minimum Gasteiger partial charge on any atom is -0.300 e. The van der Waals surface area contributed by atoms with Crippen LogP contribution < -0.4 is 11.3 Å². The van der Waals surface area contributed by atoms with Crippen LogP contribution in [0.4, 0.5) is 0 Å². The summed E-state index contributed by atoms with van der Waals surface area (Å²) in [6.07, 6.45) is 0. The Balaban J connectivity index is 2.47. The summed E-state index contributed by atoms with van der Waals surface area (Å²) in [6, 6.07) is 0. The van der Waals surface area contributed by atoms with Crippen LogP contribution in [-0.4, -0.2) is 46.2 Å². The molecular formula is C9H19N3O2S. The Hall–Kier alpha value is -0.460. The molecule has 1 fully saturated rings. The maximum Gasteiger partial charge on any atom is 0.240 e. The predicted molar refractivity (Wildman–Crippen MR) is 60.4 cm³/mol. The zero-order valence-electron chi connectivity index (χ0n) is 9.28. The van der Waals surface area contributed by atoms with E-state index in [1.165, 1.54) is 0 Å². The normalized spacial score (nSPS) is 20.2. The first kappa shape index (κ1) is 12.6. The maximum absolute atomic E-state index is 11.4. The summed E-state index contributed by atoms with van der Waals surface area (Å²) in [7, 11) is -0.669. The van der Waals surface area contributed by atoms with Crippen molar-refractivity contribution in [3.05, 3.63) is 0 Å². The van der Waals surface area contributed by atoms with Crippen LogP contribution in [0.2, 0.25) is 0 Å². The Labute approximate surface area is 92.8 Å². The van der Waals surface area contributed by atoms with Crippen LogP contribution in [0.3, 0.4) is 0 Å². The van der Waals surface area contributed by atoms with Gasteiger partial charge in [0.05, 0.1) is 5.41 Å². The fraction of sp³-hybridized carbons (Fsp3) is 0.889. The van der Waals surface area contributed by atoms with E-state index in [9.17, 15) is 9.00 Å². The molecule has 0 radical (unpaired) electrons. The third-order valence-corrected chi connectivity index (χ3v) is 3.91. The van der Waals surface area contributed by atoms with E-state index in [0.29, 0.717) is 18.1 Å². The highest BCUT2D eigenvalue weighted by Gasteiger charge is 2.30. The maximum atomic E-state index is 11.4. The second kappa shape index (κ2) is 5.05. The third-order valence-electron chi connectivity index (χ3n) is 2.64. The molecule has 88 valence electrons. The van der Waals surface area contributed by atoms with Crippen molar-refractivity contribution in [3.63, 3.8) is 0 Å². The molecule has 0 spiro atoms. The van der Waals surface area contributed by atoms with E-state index in [1.54, 1.807) is 0 Å². The summed E-state index contributed by atoms with van der Waals surface area (Å²) in [5.74, 6) is 6.38. The van der Waals surface area contributed by atoms with Crippen LogP contribution in [0.5, 0.6) is 0 Å². The number of carbonyl (C=O) groups excluding carboxylic acids is 1. The average Bonchev–Trinajstić information content (AvgIpc) is 2.20. The molecule has 1 aliphatic heterocycles. The van der Waals surface area contributed by atoms with Crippen molar-refractivity contribution in [1.29, 1.82) is 0 Å². The number of nitrogens with zero attached hydrogens (tertiary/aromatic N) is 1. The SMILES string of the molecule is CC(C)(CN1CCS(=O)CC1)C(=O)NN. The molecule has 0 saturated carbocycles. The summed E-state index contributed by atoms with van der Waals surface area (Å²) in [5, 5.41) is 0. The number of nitrogens with one attached hydrogen (secondary N) is 1. The van der Waals surface area contributed by atoms with E-state index in [1.807, 2.05) is 13.8 Å². The second-order valence-electron chi connectivity index (χ2n) is 4.48. The quantitative estimate of drug-likeness (QED) is 0.375. The van der Waals surface area contributed by atoms with Crippen LogP contribution in [-0.2, 0) is 15.6 Å². The van der Waals surface area contributed by atoms with Crippen molar-refractivity contribution in [3.8, 4) is 0 Å². The van der Waals surface area contributed by atoms with Gasteiger partial charge in [0, 0.05) is 41.9 Å². The highest BCUT2D eigenvalue weighted by Crippen LogP contribution is 2.17. The lowest BCUT2D eigenvalue weighted by atomic mass is 9.92. The largest absolute Gasteiger partial charge is 0.300 e. The van der Waals surface area contributed by atoms with Crippen LogP contribution in [0.25, 0.3) is 0 Å². The van der Waals surface area contributed by atoms with Gasteiger partial charge in [-0.05, 0) is 13.8 Å². The molecular weight excluding hydrogens is 214 g/mol. The molecule has 1 saturated heterocycles. The van der Waals surface area contributed by atoms with Crippen molar-refractivity contribution < 1.29 is 9.00 Å². The highest BCUT2D eigenvalue weighted by molar-refractivity contribution is 7.85. The molecule has 6 heteroatoms. The van der Waals surface area contributed by atoms with Crippen molar-refractivity contribution in [1.82, 2.24) is 10.3 Å². The van der Waals surface area contributed by atoms with Gasteiger partial charge >= 0.3 is 0 Å². The number of rotatable bonds is 3. The molecule has 0 aromatic rings. The van der Waals surface area contributed by atoms with Gasteiger partial charge in [0.25, 0.3) is 0 Å². The number of hydrogen-bond acceptors (Lipinski definition) is 4. The van der Waals surface area contributed by atoms with Gasteiger partial charge in [0.2, 0.25) is 5.91 Å². The number of carbonyl (C=O) groups is 1. The smallest absolute Gasteiger partial charge is 0.240 e. The summed E-state index contributed by atoms with van der Waals surface area (Å²) in [5.41, 5.74) is 1.69. The molecule has 0 unspecified atom stereocenters. The number of nitrogens with two attached hydrogens (primary N) is 1. The molecule has 0 aromatic carbocycles. The van der Waals surface area contributed by atoms with Gasteiger partial charge in [-0.1, -0.05) is 0 Å². The van der Waals surface area contributed by atoms with Crippen LogP contribution in [0.1, 0.15) is 13.8 Å². The van der Waals surface area contributed by atoms with Crippen molar-refractivity contribution in [2.45, 2.75) is 13.8 Å². The Kier molecular flexibility index (Phi) is 4.24. The molecule has 1 aliphatic rings. The number of hydrogen-bond donors (Lipinski definition) is 2. The van der Waals surface area contributed by atoms with Crippen molar-refractivity contribution >= 4 is 16.7 Å². The predicted octanol–water partition coefficient (Wildman–Crippen LogP) is -0.933. The first-order valence-electron chi connectivity index (χ1n) is 5.04. The topological polar surface area (TPSA) is 75.4 Å². The highest BCUT2D eigenvalue weighted by atomic mass is 32.2. The van der Waals surface area contributed by atoms with Gasteiger partial charge in [-0.25, -0.2) is 5.84 Å². The van der Waals surface area contributed by atoms with Crippen LogP contribution >= 0.6 is 0 Å². The lowest BCUT2D eigenvalue weighted by molar-refractivity contribution is -0.130. The Bertz CT molecular complexity index is 258. The molecule has 0 aliphatic carbocycles. The Morgan fingerprint density at radius 2 is 2.00 bits per heavy atom. The van der Waals surface area contributed by atoms with Gasteiger partial charge in [-0.3, -0.25) is 14.4 Å². The Morgan fingerprint density at radius 1 is 1.47 bits per heavy atom. The van der Waals surface area contributed by atoms with E-state index >= 15 is 0 Å². The average molecular weight is 233 g/mol. The van der Waals surface area contributed by atoms with Gasteiger partial charge < -0.3 is 4.90 Å². The standard InChI is InChI=1S/C9H19N3O2S/c1-9(2,8(13)11-10)7-12-3-5-15(14)6-4-12/h3-7,10H2,1-2H3,(H,11,13). The van der Waals surface area contributed by atoms with Gasteiger partial charge in [0.15, 0.2) is 0 Å². The monoisotopic (exact) mass is 233 g/mol. The molecule has 0 atom stereocenters. The molecule has 0 aromatic heterocycles. The molecule has 5 nitrogen and oxygen atoms in total. The first-order chi connectivity index (χ1) is 6.95. The fourth-order valence-corrected chi connectivity index (χ4v) is 2.79.